The van der Waals surface area contributed by atoms with Gasteiger partial charge in [0, 0.05) is 18.5 Å². The molecular weight excluding hydrogens is 246 g/mol. The number of amides is 1. The van der Waals surface area contributed by atoms with Gasteiger partial charge in [-0.05, 0) is 89.4 Å². The third kappa shape index (κ3) is 2.51. The lowest BCUT2D eigenvalue weighted by molar-refractivity contribution is -0.143. The first-order chi connectivity index (χ1) is 9.38. The molecule has 20 heavy (non-hydrogen) atoms. The van der Waals surface area contributed by atoms with Crippen molar-refractivity contribution < 1.29 is 4.79 Å². The molecule has 0 spiro atoms. The molecule has 0 atom stereocenters. The SMILES string of the molecule is CC(C)N(C(=O)CC12CC3CC(CC(C3)C1)C2)C(C)C. The molecule has 0 aromatic heterocycles. The zero-order valence-electron chi connectivity index (χ0n) is 13.7. The molecule has 4 fully saturated rings. The zero-order chi connectivity index (χ0) is 14.5. The molecule has 0 saturated heterocycles. The van der Waals surface area contributed by atoms with Gasteiger partial charge >= 0.3 is 0 Å². The van der Waals surface area contributed by atoms with E-state index in [2.05, 4.69) is 32.6 Å². The highest BCUT2D eigenvalue weighted by Crippen LogP contribution is 2.61. The summed E-state index contributed by atoms with van der Waals surface area (Å²) in [6, 6.07) is 0.660. The lowest BCUT2D eigenvalue weighted by Gasteiger charge is -2.57. The molecular formula is C18H31NO. The first-order valence-electron chi connectivity index (χ1n) is 8.70. The van der Waals surface area contributed by atoms with Gasteiger partial charge in [0.25, 0.3) is 0 Å². The summed E-state index contributed by atoms with van der Waals surface area (Å²) in [7, 11) is 0. The number of nitrogens with zero attached hydrogens (tertiary/aromatic N) is 1. The third-order valence-corrected chi connectivity index (χ3v) is 6.09. The quantitative estimate of drug-likeness (QED) is 0.752. The molecule has 4 bridgehead atoms. The van der Waals surface area contributed by atoms with E-state index >= 15 is 0 Å². The van der Waals surface area contributed by atoms with Crippen LogP contribution in [0.4, 0.5) is 0 Å². The van der Waals surface area contributed by atoms with Crippen LogP contribution < -0.4 is 0 Å². The molecule has 0 heterocycles. The second-order valence-corrected chi connectivity index (χ2v) is 8.58. The highest BCUT2D eigenvalue weighted by atomic mass is 16.2. The van der Waals surface area contributed by atoms with Crippen LogP contribution in [-0.4, -0.2) is 22.9 Å². The minimum Gasteiger partial charge on any atom is -0.338 e. The number of rotatable bonds is 4. The number of carbonyl (C=O) groups is 1. The average Bonchev–Trinajstić information content (AvgIpc) is 2.23. The van der Waals surface area contributed by atoms with Crippen LogP contribution in [0.1, 0.15) is 72.6 Å². The van der Waals surface area contributed by atoms with E-state index in [9.17, 15) is 4.79 Å². The van der Waals surface area contributed by atoms with Crippen LogP contribution in [0.5, 0.6) is 0 Å². The molecule has 4 aliphatic rings. The van der Waals surface area contributed by atoms with E-state index < -0.39 is 0 Å². The normalized spacial score (nSPS) is 38.8. The van der Waals surface area contributed by atoms with Gasteiger partial charge in [-0.1, -0.05) is 0 Å². The standard InChI is InChI=1S/C18H31NO/c1-12(2)19(13(3)4)17(20)11-18-8-14-5-15(9-18)7-16(6-14)10-18/h12-16H,5-11H2,1-4H3. The Kier molecular flexibility index (Phi) is 3.63. The Balaban J connectivity index is 1.72. The lowest BCUT2D eigenvalue weighted by Crippen LogP contribution is -2.50. The van der Waals surface area contributed by atoms with E-state index in [4.69, 9.17) is 0 Å². The molecule has 2 heteroatoms. The second-order valence-electron chi connectivity index (χ2n) is 8.58. The monoisotopic (exact) mass is 277 g/mol. The Labute approximate surface area is 124 Å². The van der Waals surface area contributed by atoms with Gasteiger partial charge in [-0.3, -0.25) is 4.79 Å². The highest BCUT2D eigenvalue weighted by Gasteiger charge is 2.51. The lowest BCUT2D eigenvalue weighted by atomic mass is 9.49. The van der Waals surface area contributed by atoms with E-state index in [0.717, 1.165) is 24.2 Å². The van der Waals surface area contributed by atoms with Gasteiger partial charge in [-0.2, -0.15) is 0 Å². The molecule has 0 N–H and O–H groups in total. The third-order valence-electron chi connectivity index (χ3n) is 6.09. The number of hydrogen-bond acceptors (Lipinski definition) is 1. The molecule has 2 nitrogen and oxygen atoms in total. The summed E-state index contributed by atoms with van der Waals surface area (Å²) < 4.78 is 0. The molecule has 4 rings (SSSR count). The maximum absolute atomic E-state index is 12.8. The van der Waals surface area contributed by atoms with Crippen molar-refractivity contribution in [3.8, 4) is 0 Å². The van der Waals surface area contributed by atoms with Crippen molar-refractivity contribution in [2.45, 2.75) is 84.7 Å². The van der Waals surface area contributed by atoms with Crippen LogP contribution in [0.25, 0.3) is 0 Å². The molecule has 0 unspecified atom stereocenters. The van der Waals surface area contributed by atoms with Crippen molar-refractivity contribution in [1.82, 2.24) is 4.90 Å². The largest absolute Gasteiger partial charge is 0.338 e. The molecule has 114 valence electrons. The van der Waals surface area contributed by atoms with Crippen LogP contribution in [0.3, 0.4) is 0 Å². The fraction of sp³-hybridized carbons (Fsp3) is 0.944. The summed E-state index contributed by atoms with van der Waals surface area (Å²) in [5.74, 6) is 3.25. The fourth-order valence-electron chi connectivity index (χ4n) is 6.09. The van der Waals surface area contributed by atoms with Crippen molar-refractivity contribution in [2.75, 3.05) is 0 Å². The molecule has 0 aromatic rings. The maximum atomic E-state index is 12.8. The maximum Gasteiger partial charge on any atom is 0.223 e. The highest BCUT2D eigenvalue weighted by molar-refractivity contribution is 5.77. The van der Waals surface area contributed by atoms with Crippen molar-refractivity contribution >= 4 is 5.91 Å². The summed E-state index contributed by atoms with van der Waals surface area (Å²) >= 11 is 0. The Hall–Kier alpha value is -0.530. The van der Waals surface area contributed by atoms with E-state index in [1.807, 2.05) is 0 Å². The van der Waals surface area contributed by atoms with E-state index in [0.29, 0.717) is 23.4 Å². The van der Waals surface area contributed by atoms with Crippen LogP contribution in [-0.2, 0) is 4.79 Å². The first-order valence-corrected chi connectivity index (χ1v) is 8.70. The van der Waals surface area contributed by atoms with Gasteiger partial charge in [-0.25, -0.2) is 0 Å². The minimum absolute atomic E-state index is 0.330. The van der Waals surface area contributed by atoms with Gasteiger partial charge in [0.1, 0.15) is 0 Å². The van der Waals surface area contributed by atoms with Crippen molar-refractivity contribution in [1.29, 1.82) is 0 Å². The Morgan fingerprint density at radius 3 is 1.70 bits per heavy atom. The second kappa shape index (κ2) is 5.03. The molecule has 4 saturated carbocycles. The van der Waals surface area contributed by atoms with Crippen molar-refractivity contribution in [3.05, 3.63) is 0 Å². The Morgan fingerprint density at radius 1 is 0.950 bits per heavy atom. The van der Waals surface area contributed by atoms with Crippen molar-refractivity contribution in [2.24, 2.45) is 23.2 Å². The molecule has 0 aliphatic heterocycles. The summed E-state index contributed by atoms with van der Waals surface area (Å²) in [5.41, 5.74) is 0.383. The van der Waals surface area contributed by atoms with E-state index in [1.54, 1.807) is 0 Å². The topological polar surface area (TPSA) is 20.3 Å². The van der Waals surface area contributed by atoms with Crippen molar-refractivity contribution in [3.63, 3.8) is 0 Å². The molecule has 0 radical (unpaired) electrons. The summed E-state index contributed by atoms with van der Waals surface area (Å²) in [5, 5.41) is 0. The predicted molar refractivity (Wildman–Crippen MR) is 82.3 cm³/mol. The van der Waals surface area contributed by atoms with Crippen LogP contribution in [0.15, 0.2) is 0 Å². The summed E-state index contributed by atoms with van der Waals surface area (Å²) in [6.45, 7) is 8.60. The number of carbonyl (C=O) groups excluding carboxylic acids is 1. The van der Waals surface area contributed by atoms with Crippen LogP contribution >= 0.6 is 0 Å². The zero-order valence-corrected chi connectivity index (χ0v) is 13.7. The summed E-state index contributed by atoms with van der Waals surface area (Å²) in [4.78, 5) is 14.9. The Morgan fingerprint density at radius 2 is 1.35 bits per heavy atom. The fourth-order valence-corrected chi connectivity index (χ4v) is 6.09. The molecule has 1 amide bonds. The van der Waals surface area contributed by atoms with Gasteiger partial charge in [-0.15, -0.1) is 0 Å². The first kappa shape index (κ1) is 14.4. The van der Waals surface area contributed by atoms with Crippen LogP contribution in [0, 0.1) is 23.2 Å². The predicted octanol–water partition coefficient (Wildman–Crippen LogP) is 4.24. The number of hydrogen-bond donors (Lipinski definition) is 0. The average molecular weight is 277 g/mol. The molecule has 0 aromatic carbocycles. The molecule has 4 aliphatic carbocycles. The van der Waals surface area contributed by atoms with Gasteiger partial charge in [0.2, 0.25) is 5.91 Å². The minimum atomic E-state index is 0.330. The van der Waals surface area contributed by atoms with E-state index in [1.165, 1.54) is 38.5 Å². The van der Waals surface area contributed by atoms with Gasteiger partial charge < -0.3 is 4.90 Å². The van der Waals surface area contributed by atoms with Crippen LogP contribution in [0.2, 0.25) is 0 Å². The van der Waals surface area contributed by atoms with Gasteiger partial charge in [0.05, 0.1) is 0 Å². The summed E-state index contributed by atoms with van der Waals surface area (Å²) in [6.07, 6.45) is 9.24. The smallest absolute Gasteiger partial charge is 0.223 e. The van der Waals surface area contributed by atoms with E-state index in [-0.39, 0.29) is 0 Å². The van der Waals surface area contributed by atoms with Gasteiger partial charge in [0.15, 0.2) is 0 Å². The Bertz CT molecular complexity index is 342.